The van der Waals surface area contributed by atoms with Crippen molar-refractivity contribution in [2.24, 2.45) is 0 Å². The highest BCUT2D eigenvalue weighted by molar-refractivity contribution is 7.91. The molecule has 2 aromatic rings. The van der Waals surface area contributed by atoms with Crippen LogP contribution in [0.2, 0.25) is 5.02 Å². The highest BCUT2D eigenvalue weighted by atomic mass is 35.5. The number of anilines is 1. The van der Waals surface area contributed by atoms with Crippen molar-refractivity contribution in [1.29, 1.82) is 0 Å². The smallest absolute Gasteiger partial charge is 0.341 e. The van der Waals surface area contributed by atoms with Gasteiger partial charge in [-0.2, -0.15) is 8.78 Å². The van der Waals surface area contributed by atoms with E-state index in [2.05, 4.69) is 0 Å². The van der Waals surface area contributed by atoms with Crippen molar-refractivity contribution in [3.05, 3.63) is 57.6 Å². The van der Waals surface area contributed by atoms with Gasteiger partial charge in [-0.3, -0.25) is 10.1 Å². The third-order valence-electron chi connectivity index (χ3n) is 4.62. The van der Waals surface area contributed by atoms with E-state index in [1.165, 1.54) is 6.07 Å². The lowest BCUT2D eigenvalue weighted by Gasteiger charge is -2.33. The third-order valence-corrected chi connectivity index (χ3v) is 6.31. The highest BCUT2D eigenvalue weighted by Crippen LogP contribution is 2.35. The van der Waals surface area contributed by atoms with Gasteiger partial charge in [0.05, 0.1) is 14.8 Å². The lowest BCUT2D eigenvalue weighted by Crippen LogP contribution is -2.38. The fraction of sp³-hybridized carbons (Fsp3) is 0.333. The number of alkyl halides is 2. The van der Waals surface area contributed by atoms with Gasteiger partial charge in [0, 0.05) is 32.0 Å². The van der Waals surface area contributed by atoms with Crippen LogP contribution in [0, 0.1) is 10.1 Å². The second-order valence-corrected chi connectivity index (χ2v) is 8.77. The van der Waals surface area contributed by atoms with Gasteiger partial charge >= 0.3 is 5.76 Å². The first-order valence-electron chi connectivity index (χ1n) is 8.67. The van der Waals surface area contributed by atoms with Crippen molar-refractivity contribution in [1.82, 2.24) is 0 Å². The molecule has 0 spiro atoms. The molecule has 1 fully saturated rings. The van der Waals surface area contributed by atoms with Crippen LogP contribution in [-0.4, -0.2) is 38.3 Å². The fourth-order valence-electron chi connectivity index (χ4n) is 3.13. The SMILES string of the molecule is O=[N+]([O-])c1cc(S(=O)(=O)C(F)F)ccc1N1CCC(Oc2ccccc2Cl)CC1. The number of hydrogen-bond donors (Lipinski definition) is 0. The number of benzene rings is 2. The van der Waals surface area contributed by atoms with Gasteiger partial charge in [-0.05, 0) is 24.3 Å². The Morgan fingerprint density at radius 2 is 1.83 bits per heavy atom. The van der Waals surface area contributed by atoms with Gasteiger partial charge in [0.15, 0.2) is 0 Å². The van der Waals surface area contributed by atoms with Crippen LogP contribution in [0.25, 0.3) is 0 Å². The van der Waals surface area contributed by atoms with E-state index in [0.29, 0.717) is 42.8 Å². The van der Waals surface area contributed by atoms with Crippen molar-refractivity contribution in [3.8, 4) is 5.75 Å². The zero-order valence-corrected chi connectivity index (χ0v) is 16.6. The molecule has 0 radical (unpaired) electrons. The number of nitro groups is 1. The Morgan fingerprint density at radius 3 is 2.41 bits per heavy atom. The van der Waals surface area contributed by atoms with Crippen LogP contribution in [0.4, 0.5) is 20.2 Å². The zero-order chi connectivity index (χ0) is 21.2. The van der Waals surface area contributed by atoms with Crippen LogP contribution in [0.1, 0.15) is 12.8 Å². The molecule has 1 aliphatic heterocycles. The van der Waals surface area contributed by atoms with Gasteiger partial charge in [0.1, 0.15) is 17.5 Å². The predicted molar refractivity (Wildman–Crippen MR) is 104 cm³/mol. The number of hydrogen-bond acceptors (Lipinski definition) is 6. The molecule has 0 aliphatic carbocycles. The summed E-state index contributed by atoms with van der Waals surface area (Å²) in [7, 11) is -4.92. The summed E-state index contributed by atoms with van der Waals surface area (Å²) in [5.74, 6) is -3.09. The minimum atomic E-state index is -4.92. The van der Waals surface area contributed by atoms with Crippen molar-refractivity contribution in [2.45, 2.75) is 29.6 Å². The average molecular weight is 447 g/mol. The first kappa shape index (κ1) is 21.3. The Hall–Kier alpha value is -2.46. The molecule has 11 heteroatoms. The van der Waals surface area contributed by atoms with Crippen molar-refractivity contribution in [3.63, 3.8) is 0 Å². The molecule has 7 nitrogen and oxygen atoms in total. The maximum absolute atomic E-state index is 12.7. The van der Waals surface area contributed by atoms with Gasteiger partial charge in [0.25, 0.3) is 5.69 Å². The Labute approximate surface area is 170 Å². The summed E-state index contributed by atoms with van der Waals surface area (Å²) in [5, 5.41) is 11.9. The molecule has 2 aromatic carbocycles. The molecule has 0 N–H and O–H groups in total. The normalized spacial score (nSPS) is 15.5. The first-order valence-corrected chi connectivity index (χ1v) is 10.6. The van der Waals surface area contributed by atoms with Gasteiger partial charge in [-0.15, -0.1) is 0 Å². The van der Waals surface area contributed by atoms with Crippen LogP contribution in [-0.2, 0) is 9.84 Å². The fourth-order valence-corrected chi connectivity index (χ4v) is 4.05. The maximum atomic E-state index is 12.7. The topological polar surface area (TPSA) is 89.8 Å². The molecule has 1 saturated heterocycles. The van der Waals surface area contributed by atoms with Gasteiger partial charge in [0.2, 0.25) is 9.84 Å². The Morgan fingerprint density at radius 1 is 1.17 bits per heavy atom. The summed E-state index contributed by atoms with van der Waals surface area (Å²) in [6.45, 7) is 0.827. The van der Waals surface area contributed by atoms with Crippen LogP contribution < -0.4 is 9.64 Å². The summed E-state index contributed by atoms with van der Waals surface area (Å²) in [6, 6.07) is 9.90. The monoisotopic (exact) mass is 446 g/mol. The number of ether oxygens (including phenoxy) is 1. The van der Waals surface area contributed by atoms with Crippen molar-refractivity contribution in [2.75, 3.05) is 18.0 Å². The molecule has 3 rings (SSSR count). The number of halogens is 3. The van der Waals surface area contributed by atoms with Crippen LogP contribution in [0.3, 0.4) is 0 Å². The Balaban J connectivity index is 1.76. The maximum Gasteiger partial charge on any atom is 0.341 e. The molecule has 0 unspecified atom stereocenters. The Kier molecular flexibility index (Phi) is 6.23. The van der Waals surface area contributed by atoms with E-state index in [1.807, 2.05) is 0 Å². The minimum absolute atomic E-state index is 0.135. The third kappa shape index (κ3) is 4.59. The molecule has 0 aromatic heterocycles. The molecule has 156 valence electrons. The molecular formula is C18H17ClF2N2O5S. The standard InChI is InChI=1S/C18H17ClF2N2O5S/c19-14-3-1-2-4-17(14)28-12-7-9-22(10-8-12)15-6-5-13(11-16(15)23(24)25)29(26,27)18(20)21/h1-6,11-12,18H,7-10H2. The van der Waals surface area contributed by atoms with Gasteiger partial charge in [-0.25, -0.2) is 8.42 Å². The number of nitro benzene ring substituents is 1. The summed E-state index contributed by atoms with van der Waals surface area (Å²) in [4.78, 5) is 11.6. The summed E-state index contributed by atoms with van der Waals surface area (Å²) < 4.78 is 54.6. The second kappa shape index (κ2) is 8.50. The van der Waals surface area contributed by atoms with E-state index < -0.39 is 31.1 Å². The number of piperidine rings is 1. The lowest BCUT2D eigenvalue weighted by molar-refractivity contribution is -0.384. The second-order valence-electron chi connectivity index (χ2n) is 6.45. The van der Waals surface area contributed by atoms with Gasteiger partial charge in [-0.1, -0.05) is 23.7 Å². The van der Waals surface area contributed by atoms with E-state index in [0.717, 1.165) is 6.07 Å². The first-order chi connectivity index (χ1) is 13.7. The molecule has 1 heterocycles. The molecule has 0 atom stereocenters. The quantitative estimate of drug-likeness (QED) is 0.485. The summed E-state index contributed by atoms with van der Waals surface area (Å²) in [5.41, 5.74) is -0.350. The largest absolute Gasteiger partial charge is 0.489 e. The molecule has 0 bridgehead atoms. The van der Waals surface area contributed by atoms with E-state index >= 15 is 0 Å². The Bertz CT molecular complexity index is 1010. The van der Waals surface area contributed by atoms with Crippen LogP contribution in [0.15, 0.2) is 47.4 Å². The number of sulfone groups is 1. The van der Waals surface area contributed by atoms with E-state index in [1.54, 1.807) is 29.2 Å². The van der Waals surface area contributed by atoms with Gasteiger partial charge < -0.3 is 9.64 Å². The predicted octanol–water partition coefficient (Wildman–Crippen LogP) is 4.29. The van der Waals surface area contributed by atoms with Crippen molar-refractivity contribution >= 4 is 32.8 Å². The molecule has 29 heavy (non-hydrogen) atoms. The average Bonchev–Trinajstić information content (AvgIpc) is 2.69. The lowest BCUT2D eigenvalue weighted by atomic mass is 10.1. The summed E-state index contributed by atoms with van der Waals surface area (Å²) in [6.07, 6.45) is 0.975. The number of rotatable bonds is 6. The molecule has 1 aliphatic rings. The molecular weight excluding hydrogens is 430 g/mol. The number of para-hydroxylation sites is 1. The zero-order valence-electron chi connectivity index (χ0n) is 15.0. The number of nitrogens with zero attached hydrogens (tertiary/aromatic N) is 2. The van der Waals surface area contributed by atoms with Crippen LogP contribution >= 0.6 is 11.6 Å². The minimum Gasteiger partial charge on any atom is -0.489 e. The van der Waals surface area contributed by atoms with Crippen LogP contribution in [0.5, 0.6) is 5.75 Å². The van der Waals surface area contributed by atoms with E-state index in [4.69, 9.17) is 16.3 Å². The highest BCUT2D eigenvalue weighted by Gasteiger charge is 2.31. The van der Waals surface area contributed by atoms with E-state index in [-0.39, 0.29) is 11.8 Å². The van der Waals surface area contributed by atoms with Crippen molar-refractivity contribution < 1.29 is 26.9 Å². The molecule has 0 saturated carbocycles. The summed E-state index contributed by atoms with van der Waals surface area (Å²) >= 11 is 6.08. The van der Waals surface area contributed by atoms with E-state index in [9.17, 15) is 27.3 Å². The molecule has 0 amide bonds.